The van der Waals surface area contributed by atoms with Crippen LogP contribution in [0.1, 0.15) is 0 Å². The Hall–Kier alpha value is -1.27. The highest BCUT2D eigenvalue weighted by atomic mass is 32.2. The standard InChI is InChI=1S/C11H6F10O5S3/c1-27-4-2-5(12)7(6(13)3-4)28(22,23)10(18,19)8(14,15)9(16,17)11(20,21)29(24,25)26/h2-3H,1H3,(H,24,25,26). The van der Waals surface area contributed by atoms with Crippen molar-refractivity contribution in [3.05, 3.63) is 23.8 Å². The molecule has 0 saturated carbocycles. The zero-order valence-corrected chi connectivity index (χ0v) is 15.7. The van der Waals surface area contributed by atoms with Gasteiger partial charge in [-0.1, -0.05) is 0 Å². The summed E-state index contributed by atoms with van der Waals surface area (Å²) >= 11 is 0.516. The average Bonchev–Trinajstić information content (AvgIpc) is 2.51. The topological polar surface area (TPSA) is 88.5 Å². The lowest BCUT2D eigenvalue weighted by Crippen LogP contribution is -2.66. The molecule has 0 amide bonds. The molecule has 5 nitrogen and oxygen atoms in total. The summed E-state index contributed by atoms with van der Waals surface area (Å²) in [6.07, 6.45) is 1.16. The van der Waals surface area contributed by atoms with Gasteiger partial charge in [0.05, 0.1) is 0 Å². The number of hydrogen-bond donors (Lipinski definition) is 1. The molecule has 0 aliphatic carbocycles. The van der Waals surface area contributed by atoms with E-state index in [4.69, 9.17) is 4.55 Å². The van der Waals surface area contributed by atoms with E-state index in [1.165, 1.54) is 0 Å². The van der Waals surface area contributed by atoms with Crippen LogP contribution in [0.15, 0.2) is 21.9 Å². The molecule has 0 aromatic heterocycles. The molecule has 0 heterocycles. The van der Waals surface area contributed by atoms with Crippen LogP contribution in [0.2, 0.25) is 0 Å². The normalized spacial score (nSPS) is 14.9. The fourth-order valence-electron chi connectivity index (χ4n) is 1.74. The first-order valence-electron chi connectivity index (χ1n) is 6.37. The zero-order valence-electron chi connectivity index (χ0n) is 13.2. The van der Waals surface area contributed by atoms with Crippen molar-refractivity contribution in [3.63, 3.8) is 0 Å². The maximum Gasteiger partial charge on any atom is 0.438 e. The molecular weight excluding hydrogens is 498 g/mol. The van der Waals surface area contributed by atoms with E-state index in [1.54, 1.807) is 0 Å². The van der Waals surface area contributed by atoms with Crippen LogP contribution in [0.3, 0.4) is 0 Å². The number of rotatable bonds is 7. The van der Waals surface area contributed by atoms with Crippen LogP contribution in [0.25, 0.3) is 0 Å². The monoisotopic (exact) mass is 504 g/mol. The summed E-state index contributed by atoms with van der Waals surface area (Å²) in [7, 11) is -15.0. The highest BCUT2D eigenvalue weighted by Gasteiger charge is 2.87. The van der Waals surface area contributed by atoms with Crippen molar-refractivity contribution < 1.29 is 65.3 Å². The van der Waals surface area contributed by atoms with Crippen molar-refractivity contribution in [1.29, 1.82) is 0 Å². The van der Waals surface area contributed by atoms with Gasteiger partial charge in [-0.25, -0.2) is 17.2 Å². The zero-order chi connectivity index (χ0) is 23.4. The first kappa shape index (κ1) is 25.8. The van der Waals surface area contributed by atoms with Gasteiger partial charge in [0.2, 0.25) is 0 Å². The summed E-state index contributed by atoms with van der Waals surface area (Å²) in [6, 6.07) is 0.0829. The summed E-state index contributed by atoms with van der Waals surface area (Å²) in [6.45, 7) is 0. The second-order valence-electron chi connectivity index (χ2n) is 5.08. The minimum atomic E-state index is -7.78. The molecule has 168 valence electrons. The lowest BCUT2D eigenvalue weighted by molar-refractivity contribution is -0.326. The van der Waals surface area contributed by atoms with E-state index < -0.39 is 63.7 Å². The molecule has 0 unspecified atom stereocenters. The Bertz CT molecular complexity index is 997. The Morgan fingerprint density at radius 3 is 1.45 bits per heavy atom. The maximum atomic E-state index is 13.9. The Balaban J connectivity index is 3.82. The van der Waals surface area contributed by atoms with E-state index in [-0.39, 0.29) is 12.1 Å². The molecule has 0 saturated heterocycles. The van der Waals surface area contributed by atoms with Crippen LogP contribution < -0.4 is 0 Å². The summed E-state index contributed by atoms with van der Waals surface area (Å²) in [5, 5.41) is -14.7. The Morgan fingerprint density at radius 2 is 1.14 bits per heavy atom. The third-order valence-electron chi connectivity index (χ3n) is 3.26. The van der Waals surface area contributed by atoms with Crippen LogP contribution in [0.4, 0.5) is 43.9 Å². The fourth-order valence-corrected chi connectivity index (χ4v) is 3.98. The van der Waals surface area contributed by atoms with Gasteiger partial charge in [-0.15, -0.1) is 11.8 Å². The molecule has 0 aliphatic rings. The van der Waals surface area contributed by atoms with E-state index in [9.17, 15) is 60.7 Å². The molecule has 1 aromatic carbocycles. The number of sulfone groups is 1. The molecule has 0 atom stereocenters. The average molecular weight is 504 g/mol. The second kappa shape index (κ2) is 7.16. The summed E-state index contributed by atoms with van der Waals surface area (Å²) in [5.74, 6) is -20.4. The second-order valence-corrected chi connectivity index (χ2v) is 9.35. The van der Waals surface area contributed by atoms with Crippen molar-refractivity contribution in [3.8, 4) is 0 Å². The summed E-state index contributed by atoms with van der Waals surface area (Å²) in [4.78, 5) is -3.32. The number of benzene rings is 1. The van der Waals surface area contributed by atoms with Gasteiger partial charge in [0.1, 0.15) is 16.5 Å². The lowest BCUT2D eigenvalue weighted by atomic mass is 10.2. The molecule has 18 heteroatoms. The maximum absolute atomic E-state index is 13.9. The highest BCUT2D eigenvalue weighted by Crippen LogP contribution is 2.56. The van der Waals surface area contributed by atoms with Crippen molar-refractivity contribution in [2.24, 2.45) is 0 Å². The summed E-state index contributed by atoms with van der Waals surface area (Å²) < 4.78 is 187. The van der Waals surface area contributed by atoms with Crippen LogP contribution in [-0.4, -0.2) is 50.0 Å². The minimum absolute atomic E-state index is 0.0415. The first-order chi connectivity index (χ1) is 12.6. The molecule has 0 fully saturated rings. The van der Waals surface area contributed by atoms with E-state index in [0.29, 0.717) is 11.8 Å². The number of hydrogen-bond acceptors (Lipinski definition) is 5. The molecular formula is C11H6F10O5S3. The summed E-state index contributed by atoms with van der Waals surface area (Å²) in [5.41, 5.74) is 0. The van der Waals surface area contributed by atoms with Crippen LogP contribution in [0, 0.1) is 11.6 Å². The third kappa shape index (κ3) is 3.56. The van der Waals surface area contributed by atoms with Gasteiger partial charge in [0.25, 0.3) is 9.84 Å². The molecule has 1 aromatic rings. The Labute approximate surface area is 159 Å². The predicted octanol–water partition coefficient (Wildman–Crippen LogP) is 3.80. The molecule has 1 N–H and O–H groups in total. The van der Waals surface area contributed by atoms with Gasteiger partial charge >= 0.3 is 32.5 Å². The Morgan fingerprint density at radius 1 is 0.793 bits per heavy atom. The van der Waals surface area contributed by atoms with Crippen molar-refractivity contribution >= 4 is 31.7 Å². The highest BCUT2D eigenvalue weighted by molar-refractivity contribution is 7.98. The lowest BCUT2D eigenvalue weighted by Gasteiger charge is -2.34. The van der Waals surface area contributed by atoms with E-state index in [2.05, 4.69) is 0 Å². The van der Waals surface area contributed by atoms with Crippen LogP contribution in [0.5, 0.6) is 0 Å². The van der Waals surface area contributed by atoms with Crippen molar-refractivity contribution in [2.45, 2.75) is 32.1 Å². The van der Waals surface area contributed by atoms with Gasteiger partial charge < -0.3 is 0 Å². The minimum Gasteiger partial charge on any atom is -0.281 e. The predicted molar refractivity (Wildman–Crippen MR) is 76.7 cm³/mol. The third-order valence-corrected chi connectivity index (χ3v) is 6.73. The number of thioether (sulfide) groups is 1. The fraction of sp³-hybridized carbons (Fsp3) is 0.455. The van der Waals surface area contributed by atoms with Crippen molar-refractivity contribution in [2.75, 3.05) is 6.26 Å². The van der Waals surface area contributed by atoms with E-state index in [0.717, 1.165) is 6.26 Å². The Kier molecular flexibility index (Phi) is 6.36. The molecule has 0 bridgehead atoms. The van der Waals surface area contributed by atoms with E-state index in [1.807, 2.05) is 0 Å². The molecule has 29 heavy (non-hydrogen) atoms. The van der Waals surface area contributed by atoms with Gasteiger partial charge in [0, 0.05) is 4.90 Å². The van der Waals surface area contributed by atoms with Crippen molar-refractivity contribution in [1.82, 2.24) is 0 Å². The SMILES string of the molecule is CSc1cc(F)c(S(=O)(=O)C(F)(F)C(F)(F)C(F)(F)C(F)(F)S(=O)(=O)O)c(F)c1. The van der Waals surface area contributed by atoms with Gasteiger partial charge in [-0.3, -0.25) is 4.55 Å². The van der Waals surface area contributed by atoms with Crippen LogP contribution in [-0.2, 0) is 20.0 Å². The quantitative estimate of drug-likeness (QED) is 0.345. The number of alkyl halides is 8. The van der Waals surface area contributed by atoms with Gasteiger partial charge in [-0.2, -0.15) is 43.5 Å². The largest absolute Gasteiger partial charge is 0.438 e. The molecule has 1 rings (SSSR count). The van der Waals surface area contributed by atoms with Crippen LogP contribution >= 0.6 is 11.8 Å². The smallest absolute Gasteiger partial charge is 0.281 e. The van der Waals surface area contributed by atoms with Gasteiger partial charge in [-0.05, 0) is 18.4 Å². The molecule has 0 radical (unpaired) electrons. The van der Waals surface area contributed by atoms with E-state index >= 15 is 0 Å². The number of halogens is 10. The molecule has 0 spiro atoms. The first-order valence-corrected chi connectivity index (χ1v) is 10.5. The molecule has 0 aliphatic heterocycles. The van der Waals surface area contributed by atoms with Gasteiger partial charge in [0.15, 0.2) is 0 Å².